The molecule has 2 atom stereocenters. The van der Waals surface area contributed by atoms with Crippen molar-refractivity contribution in [3.8, 4) is 0 Å². The molecule has 0 spiro atoms. The van der Waals surface area contributed by atoms with Crippen molar-refractivity contribution in [1.82, 2.24) is 0 Å². The average molecular weight is 178 g/mol. The van der Waals surface area contributed by atoms with E-state index in [-0.39, 0.29) is 31.4 Å². The molecule has 0 heterocycles. The molecule has 0 rings (SSSR count). The van der Waals surface area contributed by atoms with Crippen molar-refractivity contribution in [2.24, 2.45) is 5.73 Å². The Morgan fingerprint density at radius 3 is 1.67 bits per heavy atom. The minimum atomic E-state index is -0.764. The first-order valence-corrected chi connectivity index (χ1v) is 2.24. The van der Waals surface area contributed by atoms with Crippen LogP contribution in [0.1, 0.15) is 6.92 Å². The maximum absolute atomic E-state index is 8.56. The maximum atomic E-state index is 8.56. The molecule has 0 radical (unpaired) electrons. The molecule has 0 aliphatic carbocycles. The van der Waals surface area contributed by atoms with Crippen LogP contribution in [-0.4, -0.2) is 29.0 Å². The summed E-state index contributed by atoms with van der Waals surface area (Å²) in [7, 11) is 0. The standard InChI is InChI=1S/C4H11NO2.2ClH/c1-3(6)4(7)2-5;;/h3-4,6-7H,2,5H2,1H3;2*1H. The Bertz CT molecular complexity index is 53.8. The van der Waals surface area contributed by atoms with Crippen LogP contribution in [-0.2, 0) is 0 Å². The van der Waals surface area contributed by atoms with Gasteiger partial charge in [0.15, 0.2) is 0 Å². The minimum absolute atomic E-state index is 0. The van der Waals surface area contributed by atoms with E-state index in [0.717, 1.165) is 0 Å². The van der Waals surface area contributed by atoms with Crippen LogP contribution in [0.15, 0.2) is 0 Å². The van der Waals surface area contributed by atoms with Crippen LogP contribution in [0.3, 0.4) is 0 Å². The number of hydrogen-bond donors (Lipinski definition) is 3. The highest BCUT2D eigenvalue weighted by molar-refractivity contribution is 5.85. The Balaban J connectivity index is -0.000000180. The summed E-state index contributed by atoms with van der Waals surface area (Å²) in [5.41, 5.74) is 4.96. The predicted molar refractivity (Wildman–Crippen MR) is 41.2 cm³/mol. The number of halogens is 2. The van der Waals surface area contributed by atoms with Gasteiger partial charge in [-0.2, -0.15) is 0 Å². The van der Waals surface area contributed by atoms with Gasteiger partial charge >= 0.3 is 0 Å². The van der Waals surface area contributed by atoms with Crippen molar-refractivity contribution < 1.29 is 10.2 Å². The first-order chi connectivity index (χ1) is 3.18. The molecule has 0 amide bonds. The van der Waals surface area contributed by atoms with E-state index in [1.54, 1.807) is 0 Å². The molecule has 3 nitrogen and oxygen atoms in total. The van der Waals surface area contributed by atoms with E-state index in [9.17, 15) is 0 Å². The van der Waals surface area contributed by atoms with Gasteiger partial charge in [0.25, 0.3) is 0 Å². The molecule has 2 unspecified atom stereocenters. The van der Waals surface area contributed by atoms with Gasteiger partial charge in [-0.15, -0.1) is 24.8 Å². The van der Waals surface area contributed by atoms with Gasteiger partial charge in [-0.1, -0.05) is 0 Å². The average Bonchev–Trinajstić information content (AvgIpc) is 1.65. The molecule has 0 aliphatic rings. The molecule has 0 fully saturated rings. The van der Waals surface area contributed by atoms with E-state index < -0.39 is 12.2 Å². The van der Waals surface area contributed by atoms with Crippen molar-refractivity contribution in [2.75, 3.05) is 6.54 Å². The lowest BCUT2D eigenvalue weighted by molar-refractivity contribution is 0.0374. The zero-order valence-electron chi connectivity index (χ0n) is 5.15. The third-order valence-corrected chi connectivity index (χ3v) is 0.798. The van der Waals surface area contributed by atoms with Gasteiger partial charge in [0.05, 0.1) is 12.2 Å². The predicted octanol–water partition coefficient (Wildman–Crippen LogP) is -0.470. The van der Waals surface area contributed by atoms with E-state index in [0.29, 0.717) is 0 Å². The van der Waals surface area contributed by atoms with E-state index in [1.807, 2.05) is 0 Å². The van der Waals surface area contributed by atoms with Crippen LogP contribution in [0.4, 0.5) is 0 Å². The summed E-state index contributed by atoms with van der Waals surface area (Å²) >= 11 is 0. The molecular formula is C4H13Cl2NO2. The van der Waals surface area contributed by atoms with Gasteiger partial charge in [-0.25, -0.2) is 0 Å². The smallest absolute Gasteiger partial charge is 0.0918 e. The van der Waals surface area contributed by atoms with Gasteiger partial charge < -0.3 is 15.9 Å². The Hall–Kier alpha value is 0.460. The van der Waals surface area contributed by atoms with Crippen molar-refractivity contribution in [1.29, 1.82) is 0 Å². The second-order valence-corrected chi connectivity index (χ2v) is 1.54. The zero-order valence-corrected chi connectivity index (χ0v) is 6.78. The van der Waals surface area contributed by atoms with E-state index in [1.165, 1.54) is 6.92 Å². The molecule has 60 valence electrons. The normalized spacial score (nSPS) is 14.7. The molecule has 0 aromatic rings. The Morgan fingerprint density at radius 2 is 1.67 bits per heavy atom. The first kappa shape index (κ1) is 16.2. The number of aliphatic hydroxyl groups is 2. The molecule has 9 heavy (non-hydrogen) atoms. The summed E-state index contributed by atoms with van der Waals surface area (Å²) in [5.74, 6) is 0. The lowest BCUT2D eigenvalue weighted by atomic mass is 10.2. The van der Waals surface area contributed by atoms with Crippen LogP contribution in [0.2, 0.25) is 0 Å². The lowest BCUT2D eigenvalue weighted by Crippen LogP contribution is -2.30. The topological polar surface area (TPSA) is 66.5 Å². The van der Waals surface area contributed by atoms with Crippen LogP contribution in [0.5, 0.6) is 0 Å². The fourth-order valence-electron chi connectivity index (χ4n) is 0.197. The molecule has 0 bridgehead atoms. The molecule has 4 N–H and O–H groups in total. The molecule has 0 aromatic carbocycles. The van der Waals surface area contributed by atoms with Crippen LogP contribution in [0, 0.1) is 0 Å². The third-order valence-electron chi connectivity index (χ3n) is 0.798. The summed E-state index contributed by atoms with van der Waals surface area (Å²) in [6.45, 7) is 1.62. The van der Waals surface area contributed by atoms with Crippen molar-refractivity contribution in [3.63, 3.8) is 0 Å². The summed E-state index contributed by atoms with van der Waals surface area (Å²) in [6.07, 6.45) is -1.47. The van der Waals surface area contributed by atoms with Crippen molar-refractivity contribution in [3.05, 3.63) is 0 Å². The largest absolute Gasteiger partial charge is 0.391 e. The Morgan fingerprint density at radius 1 is 1.33 bits per heavy atom. The second-order valence-electron chi connectivity index (χ2n) is 1.54. The third kappa shape index (κ3) is 8.46. The highest BCUT2D eigenvalue weighted by Gasteiger charge is 2.05. The number of hydrogen-bond acceptors (Lipinski definition) is 3. The monoisotopic (exact) mass is 177 g/mol. The highest BCUT2D eigenvalue weighted by Crippen LogP contribution is 1.85. The summed E-state index contributed by atoms with van der Waals surface area (Å²) in [4.78, 5) is 0. The molecule has 0 saturated heterocycles. The molecule has 0 saturated carbocycles. The molecule has 5 heteroatoms. The molecular weight excluding hydrogens is 165 g/mol. The number of aliphatic hydroxyl groups excluding tert-OH is 2. The van der Waals surface area contributed by atoms with Crippen LogP contribution >= 0.6 is 24.8 Å². The zero-order chi connectivity index (χ0) is 5.86. The lowest BCUT2D eigenvalue weighted by Gasteiger charge is -2.08. The fraction of sp³-hybridized carbons (Fsp3) is 1.00. The number of rotatable bonds is 2. The van der Waals surface area contributed by atoms with Gasteiger partial charge in [0, 0.05) is 6.54 Å². The SMILES string of the molecule is CC(O)C(O)CN.Cl.Cl. The van der Waals surface area contributed by atoms with Crippen LogP contribution in [0.25, 0.3) is 0 Å². The molecule has 0 aromatic heterocycles. The maximum Gasteiger partial charge on any atom is 0.0918 e. The van der Waals surface area contributed by atoms with Crippen LogP contribution < -0.4 is 5.73 Å². The highest BCUT2D eigenvalue weighted by atomic mass is 35.5. The summed E-state index contributed by atoms with van der Waals surface area (Å²) < 4.78 is 0. The van der Waals surface area contributed by atoms with Crippen molar-refractivity contribution in [2.45, 2.75) is 19.1 Å². The Labute approximate surface area is 67.1 Å². The number of nitrogens with two attached hydrogens (primary N) is 1. The minimum Gasteiger partial charge on any atom is -0.391 e. The van der Waals surface area contributed by atoms with Gasteiger partial charge in [-0.3, -0.25) is 0 Å². The van der Waals surface area contributed by atoms with Crippen molar-refractivity contribution >= 4 is 24.8 Å². The van der Waals surface area contributed by atoms with Gasteiger partial charge in [0.2, 0.25) is 0 Å². The first-order valence-electron chi connectivity index (χ1n) is 2.24. The van der Waals surface area contributed by atoms with E-state index >= 15 is 0 Å². The summed E-state index contributed by atoms with van der Waals surface area (Å²) in [5, 5.41) is 17.1. The Kier molecular flexibility index (Phi) is 15.3. The fourth-order valence-corrected chi connectivity index (χ4v) is 0.197. The van der Waals surface area contributed by atoms with Gasteiger partial charge in [0.1, 0.15) is 0 Å². The second kappa shape index (κ2) is 8.46. The van der Waals surface area contributed by atoms with Gasteiger partial charge in [-0.05, 0) is 6.92 Å². The summed E-state index contributed by atoms with van der Waals surface area (Å²) in [6, 6.07) is 0. The van der Waals surface area contributed by atoms with E-state index in [2.05, 4.69) is 0 Å². The quantitative estimate of drug-likeness (QED) is 0.535. The van der Waals surface area contributed by atoms with E-state index in [4.69, 9.17) is 15.9 Å². The molecule has 0 aliphatic heterocycles.